The molecule has 0 fully saturated rings. The molecule has 2 heterocycles. The molecule has 1 N–H and O–H groups in total. The average Bonchev–Trinajstić information content (AvgIpc) is 2.43. The summed E-state index contributed by atoms with van der Waals surface area (Å²) in [6.45, 7) is 1.68. The number of aromatic amines is 1. The Bertz CT molecular complexity index is 670. The summed E-state index contributed by atoms with van der Waals surface area (Å²) in [5, 5.41) is 0. The number of para-hydroxylation sites is 2. The van der Waals surface area contributed by atoms with Crippen molar-refractivity contribution >= 4 is 33.1 Å². The van der Waals surface area contributed by atoms with E-state index in [0.29, 0.717) is 10.3 Å². The van der Waals surface area contributed by atoms with Crippen LogP contribution in [0.3, 0.4) is 0 Å². The van der Waals surface area contributed by atoms with Crippen molar-refractivity contribution < 1.29 is 0 Å². The molecule has 6 heteroatoms. The number of halogens is 1. The van der Waals surface area contributed by atoms with Crippen molar-refractivity contribution in [2.45, 2.75) is 0 Å². The Kier molecular flexibility index (Phi) is 3.02. The summed E-state index contributed by atoms with van der Waals surface area (Å²) >= 11 is 3.32. The van der Waals surface area contributed by atoms with E-state index in [4.69, 9.17) is 0 Å². The van der Waals surface area contributed by atoms with Gasteiger partial charge in [0, 0.05) is 20.1 Å². The SMILES string of the molecule is CN1CCN(c2nc[nH]c(=O)c2Br)c2ccccc21. The predicted molar refractivity (Wildman–Crippen MR) is 79.3 cm³/mol. The summed E-state index contributed by atoms with van der Waals surface area (Å²) in [4.78, 5) is 22.8. The molecule has 0 saturated carbocycles. The minimum absolute atomic E-state index is 0.165. The fourth-order valence-electron chi connectivity index (χ4n) is 2.29. The number of anilines is 3. The fourth-order valence-corrected chi connectivity index (χ4v) is 2.72. The van der Waals surface area contributed by atoms with Crippen LogP contribution in [0.2, 0.25) is 0 Å². The molecular weight excluding hydrogens is 308 g/mol. The van der Waals surface area contributed by atoms with Gasteiger partial charge < -0.3 is 14.8 Å². The van der Waals surface area contributed by atoms with Gasteiger partial charge in [-0.2, -0.15) is 0 Å². The molecule has 0 aliphatic carbocycles. The monoisotopic (exact) mass is 320 g/mol. The molecule has 2 aromatic rings. The highest BCUT2D eigenvalue weighted by atomic mass is 79.9. The van der Waals surface area contributed by atoms with Gasteiger partial charge >= 0.3 is 0 Å². The standard InChI is InChI=1S/C13H13BrN4O/c1-17-6-7-18(10-5-3-2-4-9(10)17)12-11(14)13(19)16-8-15-12/h2-5,8H,6-7H2,1H3,(H,15,16,19). The molecule has 0 unspecified atom stereocenters. The normalized spacial score (nSPS) is 14.4. The van der Waals surface area contributed by atoms with Gasteiger partial charge in [0.2, 0.25) is 0 Å². The van der Waals surface area contributed by atoms with Gasteiger partial charge in [-0.05, 0) is 28.1 Å². The van der Waals surface area contributed by atoms with E-state index in [2.05, 4.69) is 48.8 Å². The lowest BCUT2D eigenvalue weighted by Gasteiger charge is -2.36. The highest BCUT2D eigenvalue weighted by molar-refractivity contribution is 9.10. The molecule has 1 aliphatic heterocycles. The zero-order valence-electron chi connectivity index (χ0n) is 10.4. The maximum absolute atomic E-state index is 11.7. The molecule has 0 amide bonds. The van der Waals surface area contributed by atoms with Crippen molar-refractivity contribution in [2.75, 3.05) is 29.9 Å². The number of hydrogen-bond donors (Lipinski definition) is 1. The number of aromatic nitrogens is 2. The van der Waals surface area contributed by atoms with Crippen LogP contribution in [0.5, 0.6) is 0 Å². The lowest BCUT2D eigenvalue weighted by Crippen LogP contribution is -2.37. The van der Waals surface area contributed by atoms with Gasteiger partial charge in [-0.1, -0.05) is 12.1 Å². The van der Waals surface area contributed by atoms with Crippen LogP contribution in [0.25, 0.3) is 0 Å². The molecule has 0 bridgehead atoms. The van der Waals surface area contributed by atoms with Gasteiger partial charge in [-0.15, -0.1) is 0 Å². The van der Waals surface area contributed by atoms with Crippen molar-refractivity contribution in [3.8, 4) is 0 Å². The third-order valence-corrected chi connectivity index (χ3v) is 3.99. The van der Waals surface area contributed by atoms with Gasteiger partial charge in [0.25, 0.3) is 5.56 Å². The van der Waals surface area contributed by atoms with Gasteiger partial charge in [-0.25, -0.2) is 4.98 Å². The number of rotatable bonds is 1. The van der Waals surface area contributed by atoms with Crippen LogP contribution in [0.1, 0.15) is 0 Å². The molecule has 0 spiro atoms. The second-order valence-electron chi connectivity index (χ2n) is 4.43. The molecule has 0 atom stereocenters. The van der Waals surface area contributed by atoms with E-state index in [1.165, 1.54) is 6.33 Å². The van der Waals surface area contributed by atoms with E-state index in [1.807, 2.05) is 18.2 Å². The van der Waals surface area contributed by atoms with Crippen molar-refractivity contribution in [1.29, 1.82) is 0 Å². The molecule has 5 nitrogen and oxygen atoms in total. The van der Waals surface area contributed by atoms with Crippen LogP contribution >= 0.6 is 15.9 Å². The first-order chi connectivity index (χ1) is 9.18. The average molecular weight is 321 g/mol. The third-order valence-electron chi connectivity index (χ3n) is 3.28. The molecule has 19 heavy (non-hydrogen) atoms. The van der Waals surface area contributed by atoms with E-state index < -0.39 is 0 Å². The summed E-state index contributed by atoms with van der Waals surface area (Å²) in [6, 6.07) is 8.12. The number of likely N-dealkylation sites (N-methyl/N-ethyl adjacent to an activating group) is 1. The molecule has 3 rings (SSSR count). The van der Waals surface area contributed by atoms with Crippen LogP contribution in [-0.2, 0) is 0 Å². The second kappa shape index (κ2) is 4.70. The van der Waals surface area contributed by atoms with Gasteiger partial charge in [0.15, 0.2) is 5.82 Å². The molecule has 0 saturated heterocycles. The highest BCUT2D eigenvalue weighted by Crippen LogP contribution is 2.37. The first-order valence-corrected chi connectivity index (χ1v) is 6.78. The summed E-state index contributed by atoms with van der Waals surface area (Å²) in [6.07, 6.45) is 1.43. The number of hydrogen-bond acceptors (Lipinski definition) is 4. The number of benzene rings is 1. The van der Waals surface area contributed by atoms with Gasteiger partial charge in [-0.3, -0.25) is 4.79 Å². The number of H-pyrrole nitrogens is 1. The maximum Gasteiger partial charge on any atom is 0.267 e. The van der Waals surface area contributed by atoms with Crippen molar-refractivity contribution in [3.63, 3.8) is 0 Å². The van der Waals surface area contributed by atoms with Crippen LogP contribution in [0.15, 0.2) is 39.9 Å². The van der Waals surface area contributed by atoms with Crippen molar-refractivity contribution in [1.82, 2.24) is 9.97 Å². The lowest BCUT2D eigenvalue weighted by molar-refractivity contribution is 0.808. The first kappa shape index (κ1) is 12.2. The quantitative estimate of drug-likeness (QED) is 0.874. The Morgan fingerprint density at radius 1 is 1.26 bits per heavy atom. The Morgan fingerprint density at radius 2 is 2.00 bits per heavy atom. The topological polar surface area (TPSA) is 52.2 Å². The smallest absolute Gasteiger partial charge is 0.267 e. The van der Waals surface area contributed by atoms with Crippen LogP contribution in [0.4, 0.5) is 17.2 Å². The molecule has 0 radical (unpaired) electrons. The van der Waals surface area contributed by atoms with Gasteiger partial charge in [0.1, 0.15) is 4.47 Å². The zero-order valence-corrected chi connectivity index (χ0v) is 12.0. The predicted octanol–water partition coefficient (Wildman–Crippen LogP) is 2.12. The highest BCUT2D eigenvalue weighted by Gasteiger charge is 2.24. The molecule has 98 valence electrons. The summed E-state index contributed by atoms with van der Waals surface area (Å²) in [5.74, 6) is 0.657. The summed E-state index contributed by atoms with van der Waals surface area (Å²) < 4.78 is 0.467. The van der Waals surface area contributed by atoms with Crippen molar-refractivity contribution in [2.24, 2.45) is 0 Å². The lowest BCUT2D eigenvalue weighted by atomic mass is 10.2. The van der Waals surface area contributed by atoms with E-state index in [-0.39, 0.29) is 5.56 Å². The Hall–Kier alpha value is -1.82. The number of nitrogens with zero attached hydrogens (tertiary/aromatic N) is 3. The minimum atomic E-state index is -0.165. The molecule has 1 aromatic carbocycles. The Morgan fingerprint density at radius 3 is 2.79 bits per heavy atom. The fraction of sp³-hybridized carbons (Fsp3) is 0.231. The van der Waals surface area contributed by atoms with Crippen LogP contribution in [0, 0.1) is 0 Å². The molecule has 1 aliphatic rings. The molecule has 1 aromatic heterocycles. The third kappa shape index (κ3) is 2.02. The van der Waals surface area contributed by atoms with Crippen molar-refractivity contribution in [3.05, 3.63) is 45.4 Å². The van der Waals surface area contributed by atoms with Crippen LogP contribution < -0.4 is 15.4 Å². The first-order valence-electron chi connectivity index (χ1n) is 5.99. The van der Waals surface area contributed by atoms with E-state index >= 15 is 0 Å². The minimum Gasteiger partial charge on any atom is -0.371 e. The summed E-state index contributed by atoms with van der Waals surface area (Å²) in [7, 11) is 2.07. The number of nitrogens with one attached hydrogen (secondary N) is 1. The molecular formula is C13H13BrN4O. The number of fused-ring (bicyclic) bond motifs is 1. The van der Waals surface area contributed by atoms with E-state index in [9.17, 15) is 4.79 Å². The van der Waals surface area contributed by atoms with E-state index in [0.717, 1.165) is 24.5 Å². The van der Waals surface area contributed by atoms with Crippen LogP contribution in [-0.4, -0.2) is 30.1 Å². The zero-order chi connectivity index (χ0) is 13.4. The largest absolute Gasteiger partial charge is 0.371 e. The van der Waals surface area contributed by atoms with Gasteiger partial charge in [0.05, 0.1) is 17.7 Å². The summed E-state index contributed by atoms with van der Waals surface area (Å²) in [5.41, 5.74) is 2.04. The Balaban J connectivity index is 2.15. The second-order valence-corrected chi connectivity index (χ2v) is 5.22. The Labute approximate surface area is 119 Å². The van der Waals surface area contributed by atoms with E-state index in [1.54, 1.807) is 0 Å². The maximum atomic E-state index is 11.7.